The third kappa shape index (κ3) is 3.89. The van der Waals surface area contributed by atoms with E-state index in [1.54, 1.807) is 0 Å². The lowest BCUT2D eigenvalue weighted by Gasteiger charge is -2.37. The van der Waals surface area contributed by atoms with Crippen molar-refractivity contribution in [2.24, 2.45) is 5.92 Å². The molecule has 0 radical (unpaired) electrons. The summed E-state index contributed by atoms with van der Waals surface area (Å²) in [4.78, 5) is 26.0. The Bertz CT molecular complexity index is 766. The molecule has 1 aliphatic carbocycles. The Balaban J connectivity index is 1.67. The van der Waals surface area contributed by atoms with Crippen molar-refractivity contribution in [3.8, 4) is 11.4 Å². The van der Waals surface area contributed by atoms with Crippen LogP contribution in [0.5, 0.6) is 0 Å². The van der Waals surface area contributed by atoms with Crippen LogP contribution in [0.3, 0.4) is 0 Å². The second-order valence-corrected chi connectivity index (χ2v) is 6.81. The highest BCUT2D eigenvalue weighted by molar-refractivity contribution is 5.88. The fraction of sp³-hybridized carbons (Fsp3) is 0.500. The fourth-order valence-electron chi connectivity index (χ4n) is 3.28. The molecule has 0 aliphatic heterocycles. The molecule has 1 fully saturated rings. The van der Waals surface area contributed by atoms with Gasteiger partial charge >= 0.3 is 5.97 Å². The minimum absolute atomic E-state index is 0.103. The van der Waals surface area contributed by atoms with E-state index in [9.17, 15) is 9.59 Å². The van der Waals surface area contributed by atoms with Crippen LogP contribution >= 0.6 is 0 Å². The number of rotatable bonds is 5. The van der Waals surface area contributed by atoms with Gasteiger partial charge in [-0.05, 0) is 36.8 Å². The van der Waals surface area contributed by atoms with Crippen LogP contribution in [0.15, 0.2) is 30.3 Å². The monoisotopic (exact) mass is 357 g/mol. The number of nitrogens with one attached hydrogen (secondary N) is 1. The van der Waals surface area contributed by atoms with Crippen molar-refractivity contribution in [1.82, 2.24) is 25.5 Å². The Hall–Kier alpha value is -2.77. The standard InChI is InChI=1S/C18H23N5O3/c1-13-8-10-18(11-9-13,17(25)26-2)19-15(24)12-23-21-16(20-22-23)14-6-4-3-5-7-14/h3-7,13H,8-12H2,1-2H3,(H,19,24). The first-order valence-corrected chi connectivity index (χ1v) is 8.75. The Morgan fingerprint density at radius 2 is 1.96 bits per heavy atom. The summed E-state index contributed by atoms with van der Waals surface area (Å²) in [5, 5.41) is 15.0. The number of amides is 1. The Morgan fingerprint density at radius 1 is 1.27 bits per heavy atom. The summed E-state index contributed by atoms with van der Waals surface area (Å²) >= 11 is 0. The summed E-state index contributed by atoms with van der Waals surface area (Å²) in [6, 6.07) is 9.41. The van der Waals surface area contributed by atoms with E-state index in [4.69, 9.17) is 4.74 Å². The van der Waals surface area contributed by atoms with E-state index in [1.807, 2.05) is 30.3 Å². The van der Waals surface area contributed by atoms with Gasteiger partial charge in [-0.15, -0.1) is 10.2 Å². The molecular weight excluding hydrogens is 334 g/mol. The van der Waals surface area contributed by atoms with E-state index in [1.165, 1.54) is 11.9 Å². The van der Waals surface area contributed by atoms with Crippen molar-refractivity contribution in [2.45, 2.75) is 44.7 Å². The molecule has 138 valence electrons. The van der Waals surface area contributed by atoms with Crippen LogP contribution in [0, 0.1) is 5.92 Å². The first kappa shape index (κ1) is 18.0. The molecule has 1 N–H and O–H groups in total. The number of tetrazole rings is 1. The largest absolute Gasteiger partial charge is 0.467 e. The van der Waals surface area contributed by atoms with E-state index < -0.39 is 11.5 Å². The molecule has 0 unspecified atom stereocenters. The van der Waals surface area contributed by atoms with Gasteiger partial charge in [0.15, 0.2) is 0 Å². The second-order valence-electron chi connectivity index (χ2n) is 6.81. The van der Waals surface area contributed by atoms with Gasteiger partial charge in [0.05, 0.1) is 7.11 Å². The molecular formula is C18H23N5O3. The maximum atomic E-state index is 12.5. The van der Waals surface area contributed by atoms with Gasteiger partial charge in [-0.25, -0.2) is 4.79 Å². The van der Waals surface area contributed by atoms with Gasteiger partial charge < -0.3 is 10.1 Å². The highest BCUT2D eigenvalue weighted by Gasteiger charge is 2.43. The SMILES string of the molecule is COC(=O)C1(NC(=O)Cn2nnc(-c3ccccc3)n2)CCC(C)CC1. The second kappa shape index (κ2) is 7.63. The number of methoxy groups -OCH3 is 1. The fourth-order valence-corrected chi connectivity index (χ4v) is 3.28. The summed E-state index contributed by atoms with van der Waals surface area (Å²) in [6.07, 6.45) is 2.89. The zero-order valence-electron chi connectivity index (χ0n) is 15.0. The molecule has 1 heterocycles. The lowest BCUT2D eigenvalue weighted by molar-refractivity contribution is -0.153. The summed E-state index contributed by atoms with van der Waals surface area (Å²) < 4.78 is 4.94. The number of ether oxygens (including phenoxy) is 1. The molecule has 0 bridgehead atoms. The van der Waals surface area contributed by atoms with Crippen LogP contribution in [0.4, 0.5) is 0 Å². The Labute approximate surface area is 151 Å². The van der Waals surface area contributed by atoms with Gasteiger partial charge in [0.1, 0.15) is 12.1 Å². The molecule has 0 saturated heterocycles. The first-order valence-electron chi connectivity index (χ1n) is 8.75. The van der Waals surface area contributed by atoms with E-state index in [0.29, 0.717) is 24.6 Å². The van der Waals surface area contributed by atoms with Crippen LogP contribution in [-0.4, -0.2) is 44.7 Å². The van der Waals surface area contributed by atoms with Gasteiger partial charge in [0, 0.05) is 5.56 Å². The summed E-state index contributed by atoms with van der Waals surface area (Å²) in [7, 11) is 1.35. The van der Waals surface area contributed by atoms with E-state index in [-0.39, 0.29) is 12.5 Å². The van der Waals surface area contributed by atoms with Crippen molar-refractivity contribution >= 4 is 11.9 Å². The van der Waals surface area contributed by atoms with Gasteiger partial charge in [0.25, 0.3) is 0 Å². The number of carbonyl (C=O) groups is 2. The average Bonchev–Trinajstić information content (AvgIpc) is 3.12. The average molecular weight is 357 g/mol. The molecule has 26 heavy (non-hydrogen) atoms. The molecule has 1 aromatic heterocycles. The van der Waals surface area contributed by atoms with Gasteiger partial charge in [0.2, 0.25) is 11.7 Å². The Morgan fingerprint density at radius 3 is 2.62 bits per heavy atom. The summed E-state index contributed by atoms with van der Waals surface area (Å²) in [6.45, 7) is 2.04. The van der Waals surface area contributed by atoms with Crippen molar-refractivity contribution in [3.05, 3.63) is 30.3 Å². The van der Waals surface area contributed by atoms with Crippen molar-refractivity contribution in [2.75, 3.05) is 7.11 Å². The smallest absolute Gasteiger partial charge is 0.331 e. The predicted molar refractivity (Wildman–Crippen MR) is 93.8 cm³/mol. The topological polar surface area (TPSA) is 99.0 Å². The molecule has 1 aliphatic rings. The maximum Gasteiger partial charge on any atom is 0.331 e. The van der Waals surface area contributed by atoms with Crippen LogP contribution in [0.1, 0.15) is 32.6 Å². The first-order chi connectivity index (χ1) is 12.5. The number of aromatic nitrogens is 4. The minimum atomic E-state index is -0.957. The molecule has 3 rings (SSSR count). The molecule has 2 aromatic rings. The lowest BCUT2D eigenvalue weighted by Crippen LogP contribution is -2.57. The predicted octanol–water partition coefficient (Wildman–Crippen LogP) is 1.58. The summed E-state index contributed by atoms with van der Waals surface area (Å²) in [5.74, 6) is 0.263. The van der Waals surface area contributed by atoms with Crippen molar-refractivity contribution in [3.63, 3.8) is 0 Å². The van der Waals surface area contributed by atoms with Crippen LogP contribution in [0.25, 0.3) is 11.4 Å². The number of esters is 1. The number of benzene rings is 1. The molecule has 1 amide bonds. The number of hydrogen-bond donors (Lipinski definition) is 1. The molecule has 1 saturated carbocycles. The normalized spacial score (nSPS) is 22.6. The lowest BCUT2D eigenvalue weighted by atomic mass is 9.77. The number of hydrogen-bond acceptors (Lipinski definition) is 6. The molecule has 8 nitrogen and oxygen atoms in total. The number of nitrogens with zero attached hydrogens (tertiary/aromatic N) is 4. The van der Waals surface area contributed by atoms with Crippen LogP contribution < -0.4 is 5.32 Å². The zero-order chi connectivity index (χ0) is 18.6. The quantitative estimate of drug-likeness (QED) is 0.816. The molecule has 0 spiro atoms. The molecule has 0 atom stereocenters. The Kier molecular flexibility index (Phi) is 5.29. The summed E-state index contributed by atoms with van der Waals surface area (Å²) in [5.41, 5.74) is -0.132. The zero-order valence-corrected chi connectivity index (χ0v) is 15.0. The number of carbonyl (C=O) groups excluding carboxylic acids is 2. The molecule has 8 heteroatoms. The third-order valence-corrected chi connectivity index (χ3v) is 4.85. The maximum absolute atomic E-state index is 12.5. The van der Waals surface area contributed by atoms with Crippen LogP contribution in [0.2, 0.25) is 0 Å². The van der Waals surface area contributed by atoms with Crippen LogP contribution in [-0.2, 0) is 20.9 Å². The highest BCUT2D eigenvalue weighted by atomic mass is 16.5. The van der Waals surface area contributed by atoms with E-state index >= 15 is 0 Å². The highest BCUT2D eigenvalue weighted by Crippen LogP contribution is 2.32. The van der Waals surface area contributed by atoms with Gasteiger partial charge in [-0.1, -0.05) is 37.3 Å². The third-order valence-electron chi connectivity index (χ3n) is 4.85. The van der Waals surface area contributed by atoms with E-state index in [0.717, 1.165) is 18.4 Å². The van der Waals surface area contributed by atoms with Crippen molar-refractivity contribution in [1.29, 1.82) is 0 Å². The van der Waals surface area contributed by atoms with E-state index in [2.05, 4.69) is 27.7 Å². The van der Waals surface area contributed by atoms with Crippen molar-refractivity contribution < 1.29 is 14.3 Å². The minimum Gasteiger partial charge on any atom is -0.467 e. The molecule has 1 aromatic carbocycles. The van der Waals surface area contributed by atoms with Gasteiger partial charge in [-0.2, -0.15) is 4.80 Å². The van der Waals surface area contributed by atoms with Gasteiger partial charge in [-0.3, -0.25) is 4.79 Å².